The molecule has 2 heterocycles. The molecule has 2 atom stereocenters. The van der Waals surface area contributed by atoms with Gasteiger partial charge in [-0.25, -0.2) is 0 Å². The van der Waals surface area contributed by atoms with Gasteiger partial charge in [-0.15, -0.1) is 5.11 Å². The van der Waals surface area contributed by atoms with E-state index in [0.29, 0.717) is 11.1 Å². The minimum absolute atomic E-state index is 0.0245. The molecule has 90 valence electrons. The van der Waals surface area contributed by atoms with Crippen molar-refractivity contribution in [2.24, 2.45) is 10.3 Å². The fourth-order valence-electron chi connectivity index (χ4n) is 2.17. The Balaban J connectivity index is 1.70. The van der Waals surface area contributed by atoms with E-state index in [1.54, 1.807) is 5.12 Å². The number of rotatable bonds is 2. The lowest BCUT2D eigenvalue weighted by Gasteiger charge is -2.19. The molecule has 2 unspecified atom stereocenters. The molecule has 1 aromatic rings. The lowest BCUT2D eigenvalue weighted by molar-refractivity contribution is 0.441. The highest BCUT2D eigenvalue weighted by Gasteiger charge is 2.29. The molecule has 0 radical (unpaired) electrons. The summed E-state index contributed by atoms with van der Waals surface area (Å²) >= 11 is 5.95. The summed E-state index contributed by atoms with van der Waals surface area (Å²) < 4.78 is 0. The van der Waals surface area contributed by atoms with Crippen molar-refractivity contribution in [1.82, 2.24) is 10.7 Å². The predicted molar refractivity (Wildman–Crippen MR) is 66.7 cm³/mol. The zero-order valence-electron chi connectivity index (χ0n) is 9.31. The van der Waals surface area contributed by atoms with Crippen molar-refractivity contribution in [2.75, 3.05) is 11.7 Å². The molecule has 0 saturated carbocycles. The molecule has 2 N–H and O–H groups in total. The van der Waals surface area contributed by atoms with Gasteiger partial charge in [0.05, 0.1) is 5.69 Å². The molecule has 1 fully saturated rings. The Hall–Kier alpha value is -1.17. The fourth-order valence-corrected chi connectivity index (χ4v) is 2.35. The third-order valence-electron chi connectivity index (χ3n) is 3.05. The van der Waals surface area contributed by atoms with Crippen LogP contribution in [0.3, 0.4) is 0 Å². The van der Waals surface area contributed by atoms with E-state index in [-0.39, 0.29) is 6.17 Å². The normalized spacial score (nSPS) is 27.9. The van der Waals surface area contributed by atoms with Crippen molar-refractivity contribution >= 4 is 17.3 Å². The largest absolute Gasteiger partial charge is 0.311 e. The zero-order chi connectivity index (χ0) is 11.7. The van der Waals surface area contributed by atoms with Crippen molar-refractivity contribution in [3.05, 3.63) is 29.3 Å². The van der Waals surface area contributed by atoms with Gasteiger partial charge in [0.25, 0.3) is 0 Å². The van der Waals surface area contributed by atoms with Gasteiger partial charge in [0, 0.05) is 11.1 Å². The summed E-state index contributed by atoms with van der Waals surface area (Å²) in [7, 11) is 0. The first-order chi connectivity index (χ1) is 8.33. The molecule has 2 aliphatic rings. The van der Waals surface area contributed by atoms with Gasteiger partial charge in [-0.2, -0.15) is 10.5 Å². The minimum Gasteiger partial charge on any atom is -0.311 e. The van der Waals surface area contributed by atoms with Crippen molar-refractivity contribution in [3.63, 3.8) is 0 Å². The van der Waals surface area contributed by atoms with E-state index in [1.165, 1.54) is 6.42 Å². The molecular formula is C11H14ClN5. The van der Waals surface area contributed by atoms with E-state index in [2.05, 4.69) is 21.1 Å². The number of halogens is 1. The Morgan fingerprint density at radius 2 is 2.35 bits per heavy atom. The summed E-state index contributed by atoms with van der Waals surface area (Å²) in [6, 6.07) is 7.92. The summed E-state index contributed by atoms with van der Waals surface area (Å²) in [6.45, 7) is 1.07. The molecule has 17 heavy (non-hydrogen) atoms. The van der Waals surface area contributed by atoms with Crippen LogP contribution in [0.2, 0.25) is 5.02 Å². The van der Waals surface area contributed by atoms with Gasteiger partial charge in [-0.05, 0) is 37.6 Å². The molecule has 0 spiro atoms. The second-order valence-corrected chi connectivity index (χ2v) is 4.71. The average molecular weight is 252 g/mol. The Morgan fingerprint density at radius 3 is 3.12 bits per heavy atom. The molecule has 0 aromatic heterocycles. The van der Waals surface area contributed by atoms with Gasteiger partial charge >= 0.3 is 0 Å². The second-order valence-electron chi connectivity index (χ2n) is 4.27. The fraction of sp³-hybridized carbons (Fsp3) is 0.455. The molecule has 1 aromatic carbocycles. The van der Waals surface area contributed by atoms with Crippen LogP contribution in [0, 0.1) is 0 Å². The highest BCUT2D eigenvalue weighted by atomic mass is 35.5. The smallest absolute Gasteiger partial charge is 0.156 e. The number of hydrogen-bond donors (Lipinski definition) is 2. The van der Waals surface area contributed by atoms with Crippen LogP contribution in [0.5, 0.6) is 0 Å². The van der Waals surface area contributed by atoms with Crippen LogP contribution < -0.4 is 15.9 Å². The van der Waals surface area contributed by atoms with Crippen molar-refractivity contribution in [3.8, 4) is 0 Å². The maximum absolute atomic E-state index is 5.95. The molecule has 0 amide bonds. The highest BCUT2D eigenvalue weighted by molar-refractivity contribution is 6.30. The van der Waals surface area contributed by atoms with Crippen LogP contribution in [0.1, 0.15) is 12.8 Å². The Morgan fingerprint density at radius 1 is 1.41 bits per heavy atom. The van der Waals surface area contributed by atoms with E-state index in [9.17, 15) is 0 Å². The van der Waals surface area contributed by atoms with E-state index in [0.717, 1.165) is 18.7 Å². The molecule has 1 saturated heterocycles. The summed E-state index contributed by atoms with van der Waals surface area (Å²) in [5.74, 6) is 0. The van der Waals surface area contributed by atoms with Gasteiger partial charge in [0.2, 0.25) is 0 Å². The zero-order valence-corrected chi connectivity index (χ0v) is 10.1. The van der Waals surface area contributed by atoms with Crippen LogP contribution in [0.4, 0.5) is 5.69 Å². The molecule has 5 nitrogen and oxygen atoms in total. The maximum Gasteiger partial charge on any atom is 0.156 e. The summed E-state index contributed by atoms with van der Waals surface area (Å²) in [4.78, 5) is 0. The molecule has 3 rings (SSSR count). The standard InChI is InChI=1S/C11H14ClN5/c12-8-3-1-4-9(7-8)17-15-11(14-16-17)10-5-2-6-13-10/h1,3-4,7,10-11,13,15H,2,5-6H2. The molecule has 6 heteroatoms. The number of benzene rings is 1. The van der Waals surface area contributed by atoms with Gasteiger partial charge in [-0.1, -0.05) is 22.9 Å². The van der Waals surface area contributed by atoms with Crippen LogP contribution >= 0.6 is 11.6 Å². The molecule has 0 bridgehead atoms. The monoisotopic (exact) mass is 251 g/mol. The quantitative estimate of drug-likeness (QED) is 0.847. The summed E-state index contributed by atoms with van der Waals surface area (Å²) in [5, 5.41) is 14.1. The summed E-state index contributed by atoms with van der Waals surface area (Å²) in [6.07, 6.45) is 2.37. The Labute approximate surface area is 105 Å². The average Bonchev–Trinajstić information content (AvgIpc) is 3.00. The minimum atomic E-state index is 0.0245. The first-order valence-electron chi connectivity index (χ1n) is 5.79. The van der Waals surface area contributed by atoms with Gasteiger partial charge in [0.1, 0.15) is 0 Å². The van der Waals surface area contributed by atoms with Gasteiger partial charge < -0.3 is 5.32 Å². The third-order valence-corrected chi connectivity index (χ3v) is 3.29. The van der Waals surface area contributed by atoms with E-state index >= 15 is 0 Å². The third kappa shape index (κ3) is 2.26. The Kier molecular flexibility index (Phi) is 2.96. The second kappa shape index (κ2) is 4.60. The first kappa shape index (κ1) is 11.0. The highest BCUT2D eigenvalue weighted by Crippen LogP contribution is 2.23. The predicted octanol–water partition coefficient (Wildman–Crippen LogP) is 2.11. The van der Waals surface area contributed by atoms with Crippen LogP contribution in [-0.4, -0.2) is 18.8 Å². The lowest BCUT2D eigenvalue weighted by Crippen LogP contribution is -2.45. The van der Waals surface area contributed by atoms with Crippen LogP contribution in [0.25, 0.3) is 0 Å². The van der Waals surface area contributed by atoms with Crippen LogP contribution in [0.15, 0.2) is 34.6 Å². The van der Waals surface area contributed by atoms with E-state index in [1.807, 2.05) is 24.3 Å². The van der Waals surface area contributed by atoms with Crippen LogP contribution in [-0.2, 0) is 0 Å². The van der Waals surface area contributed by atoms with E-state index in [4.69, 9.17) is 11.6 Å². The summed E-state index contributed by atoms with van der Waals surface area (Å²) in [5.41, 5.74) is 4.16. The van der Waals surface area contributed by atoms with Crippen molar-refractivity contribution < 1.29 is 0 Å². The first-order valence-corrected chi connectivity index (χ1v) is 6.17. The molecular weight excluding hydrogens is 238 g/mol. The number of nitrogens with zero attached hydrogens (tertiary/aromatic N) is 3. The maximum atomic E-state index is 5.95. The number of nitrogens with one attached hydrogen (secondary N) is 2. The SMILES string of the molecule is Clc1cccc(N2N=NC(C3CCCN3)N2)c1. The molecule has 0 aliphatic carbocycles. The van der Waals surface area contributed by atoms with Crippen molar-refractivity contribution in [2.45, 2.75) is 25.0 Å². The van der Waals surface area contributed by atoms with Crippen molar-refractivity contribution in [1.29, 1.82) is 0 Å². The van der Waals surface area contributed by atoms with Gasteiger partial charge in [0.15, 0.2) is 6.17 Å². The molecule has 2 aliphatic heterocycles. The number of hydrazine groups is 1. The topological polar surface area (TPSA) is 52.0 Å². The van der Waals surface area contributed by atoms with Gasteiger partial charge in [-0.3, -0.25) is 0 Å². The van der Waals surface area contributed by atoms with E-state index < -0.39 is 0 Å². The number of anilines is 1. The Bertz CT molecular complexity index is 430. The lowest BCUT2D eigenvalue weighted by atomic mass is 10.2. The number of hydrogen-bond acceptors (Lipinski definition) is 5.